The molecule has 1 aromatic rings. The van der Waals surface area contributed by atoms with Crippen LogP contribution in [0.4, 0.5) is 5.69 Å². The minimum atomic E-state index is -2.30. The summed E-state index contributed by atoms with van der Waals surface area (Å²) in [5.74, 6) is 0.429. The number of hydrogen-bond acceptors (Lipinski definition) is 4. The Morgan fingerprint density at radius 2 is 2.11 bits per heavy atom. The van der Waals surface area contributed by atoms with Gasteiger partial charge in [-0.2, -0.15) is 5.10 Å². The molecule has 2 heterocycles. The highest BCUT2D eigenvalue weighted by Gasteiger charge is 2.64. The van der Waals surface area contributed by atoms with Crippen LogP contribution >= 0.6 is 0 Å². The predicted octanol–water partition coefficient (Wildman–Crippen LogP) is 2.06. The van der Waals surface area contributed by atoms with Crippen LogP contribution in [-0.4, -0.2) is 48.2 Å². The first-order chi connectivity index (χ1) is 12.7. The molecule has 1 amide bonds. The molecule has 1 aliphatic heterocycles. The van der Waals surface area contributed by atoms with Gasteiger partial charge in [-0.1, -0.05) is 13.8 Å². The number of fused-ring (bicyclic) bond motifs is 2. The highest BCUT2D eigenvalue weighted by Crippen LogP contribution is 2.64. The molecule has 148 valence electrons. The maximum atomic E-state index is 12.8. The van der Waals surface area contributed by atoms with Crippen molar-refractivity contribution in [3.63, 3.8) is 0 Å². The number of rotatable bonds is 5. The predicted molar refractivity (Wildman–Crippen MR) is 100 cm³/mol. The van der Waals surface area contributed by atoms with Crippen molar-refractivity contribution in [3.8, 4) is 0 Å². The summed E-state index contributed by atoms with van der Waals surface area (Å²) in [6, 6.07) is 0. The SMILES string of the molecule is CC1(C)C2CC[C@]1(Cn1cc(NS(=O)O)c(C(=O)N3CCCC3)n1)C(=O)C2. The van der Waals surface area contributed by atoms with Crippen LogP contribution in [0, 0.1) is 16.7 Å². The van der Waals surface area contributed by atoms with Crippen molar-refractivity contribution in [1.82, 2.24) is 14.7 Å². The van der Waals surface area contributed by atoms with Gasteiger partial charge in [0.2, 0.25) is 0 Å². The second-order valence-electron chi connectivity index (χ2n) is 8.61. The smallest absolute Gasteiger partial charge is 0.276 e. The number of ketones is 1. The zero-order valence-corrected chi connectivity index (χ0v) is 16.5. The summed E-state index contributed by atoms with van der Waals surface area (Å²) in [7, 11) is 0. The lowest BCUT2D eigenvalue weighted by molar-refractivity contribution is -0.130. The van der Waals surface area contributed by atoms with Crippen LogP contribution in [0.5, 0.6) is 0 Å². The zero-order chi connectivity index (χ0) is 19.4. The monoisotopic (exact) mass is 394 g/mol. The molecule has 0 spiro atoms. The largest absolute Gasteiger partial charge is 0.337 e. The van der Waals surface area contributed by atoms with Crippen molar-refractivity contribution in [1.29, 1.82) is 0 Å². The lowest BCUT2D eigenvalue weighted by Gasteiger charge is -2.36. The molecule has 3 atom stereocenters. The van der Waals surface area contributed by atoms with Gasteiger partial charge in [-0.15, -0.1) is 0 Å². The number of carbonyl (C=O) groups is 2. The van der Waals surface area contributed by atoms with E-state index >= 15 is 0 Å². The molecule has 2 N–H and O–H groups in total. The van der Waals surface area contributed by atoms with E-state index in [-0.39, 0.29) is 28.5 Å². The fourth-order valence-electron chi connectivity index (χ4n) is 5.32. The van der Waals surface area contributed by atoms with E-state index in [2.05, 4.69) is 23.7 Å². The van der Waals surface area contributed by atoms with Crippen LogP contribution in [0.1, 0.15) is 56.4 Å². The van der Waals surface area contributed by atoms with Crippen molar-refractivity contribution in [3.05, 3.63) is 11.9 Å². The summed E-state index contributed by atoms with van der Waals surface area (Å²) in [4.78, 5) is 27.3. The minimum Gasteiger partial charge on any atom is -0.337 e. The van der Waals surface area contributed by atoms with Crippen molar-refractivity contribution in [2.45, 2.75) is 52.5 Å². The third-order valence-corrected chi connectivity index (χ3v) is 7.52. The van der Waals surface area contributed by atoms with E-state index in [0.29, 0.717) is 32.0 Å². The molecule has 2 saturated carbocycles. The maximum Gasteiger partial charge on any atom is 0.276 e. The maximum absolute atomic E-state index is 12.8. The lowest BCUT2D eigenvalue weighted by atomic mass is 9.69. The third kappa shape index (κ3) is 2.82. The van der Waals surface area contributed by atoms with Gasteiger partial charge in [-0.05, 0) is 37.0 Å². The number of hydrogen-bond donors (Lipinski definition) is 2. The van der Waals surface area contributed by atoms with Crippen LogP contribution in [0.3, 0.4) is 0 Å². The zero-order valence-electron chi connectivity index (χ0n) is 15.7. The number of Topliss-reactive ketones (excluding diaryl/α,β-unsaturated/α-hetero) is 1. The summed E-state index contributed by atoms with van der Waals surface area (Å²) >= 11 is -2.30. The van der Waals surface area contributed by atoms with E-state index in [1.54, 1.807) is 15.8 Å². The average Bonchev–Trinajstić information content (AvgIpc) is 3.32. The van der Waals surface area contributed by atoms with E-state index in [1.165, 1.54) is 0 Å². The Bertz CT molecular complexity index is 814. The number of likely N-dealkylation sites (tertiary alicyclic amines) is 1. The second kappa shape index (κ2) is 6.41. The van der Waals surface area contributed by atoms with Gasteiger partial charge in [0.15, 0.2) is 5.69 Å². The van der Waals surface area contributed by atoms with Gasteiger partial charge >= 0.3 is 0 Å². The second-order valence-corrected chi connectivity index (χ2v) is 9.31. The van der Waals surface area contributed by atoms with Gasteiger partial charge in [-0.25, -0.2) is 4.21 Å². The van der Waals surface area contributed by atoms with Crippen molar-refractivity contribution >= 4 is 28.6 Å². The van der Waals surface area contributed by atoms with Gasteiger partial charge < -0.3 is 4.90 Å². The number of anilines is 1. The Morgan fingerprint density at radius 1 is 1.41 bits per heavy atom. The quantitative estimate of drug-likeness (QED) is 0.744. The van der Waals surface area contributed by atoms with E-state index in [9.17, 15) is 18.4 Å². The molecule has 2 unspecified atom stereocenters. The first-order valence-electron chi connectivity index (χ1n) is 9.52. The number of amides is 1. The molecule has 2 aliphatic carbocycles. The molecule has 0 aromatic carbocycles. The van der Waals surface area contributed by atoms with Crippen LogP contribution in [0.15, 0.2) is 6.20 Å². The standard InChI is InChI=1S/C18H26N4O4S/c1-17(2)12-5-6-18(17,14(23)9-12)11-22-10-13(20-27(25)26)15(19-22)16(24)21-7-3-4-8-21/h10,12,20H,3-9,11H2,1-2H3,(H,25,26)/t12?,18-/m0/s1. The lowest BCUT2D eigenvalue weighted by Crippen LogP contribution is -2.40. The number of aromatic nitrogens is 2. The van der Waals surface area contributed by atoms with Gasteiger partial charge in [0.1, 0.15) is 5.78 Å². The molecule has 27 heavy (non-hydrogen) atoms. The Kier molecular flexibility index (Phi) is 4.42. The molecule has 1 saturated heterocycles. The summed E-state index contributed by atoms with van der Waals surface area (Å²) < 4.78 is 24.6. The summed E-state index contributed by atoms with van der Waals surface area (Å²) in [5.41, 5.74) is -0.203. The Labute approximate surface area is 161 Å². The summed E-state index contributed by atoms with van der Waals surface area (Å²) in [6.07, 6.45) is 5.96. The highest BCUT2D eigenvalue weighted by molar-refractivity contribution is 7.80. The van der Waals surface area contributed by atoms with Crippen LogP contribution < -0.4 is 4.72 Å². The molecule has 0 radical (unpaired) electrons. The van der Waals surface area contributed by atoms with Crippen LogP contribution in [0.25, 0.3) is 0 Å². The fraction of sp³-hybridized carbons (Fsp3) is 0.722. The molecule has 8 nitrogen and oxygen atoms in total. The van der Waals surface area contributed by atoms with Crippen LogP contribution in [-0.2, 0) is 22.6 Å². The van der Waals surface area contributed by atoms with Crippen molar-refractivity contribution in [2.75, 3.05) is 17.8 Å². The molecule has 3 fully saturated rings. The van der Waals surface area contributed by atoms with Crippen LogP contribution in [0.2, 0.25) is 0 Å². The molecule has 3 aliphatic rings. The topological polar surface area (TPSA) is 105 Å². The first-order valence-corrected chi connectivity index (χ1v) is 10.6. The number of carbonyl (C=O) groups excluding carboxylic acids is 2. The Morgan fingerprint density at radius 3 is 2.67 bits per heavy atom. The molecule has 1 aromatic heterocycles. The van der Waals surface area contributed by atoms with Gasteiger partial charge in [0.25, 0.3) is 17.2 Å². The average molecular weight is 394 g/mol. The Hall–Kier alpha value is -1.74. The van der Waals surface area contributed by atoms with Crippen molar-refractivity contribution < 1.29 is 18.4 Å². The number of nitrogens with one attached hydrogen (secondary N) is 1. The van der Waals surface area contributed by atoms with E-state index in [1.807, 2.05) is 0 Å². The normalized spacial score (nSPS) is 30.1. The molecule has 9 heteroatoms. The molecular formula is C18H26N4O4S. The van der Waals surface area contributed by atoms with Gasteiger partial charge in [-0.3, -0.25) is 23.5 Å². The minimum absolute atomic E-state index is 0.109. The summed E-state index contributed by atoms with van der Waals surface area (Å²) in [6.45, 7) is 6.04. The summed E-state index contributed by atoms with van der Waals surface area (Å²) in [5, 5.41) is 4.45. The molecular weight excluding hydrogens is 368 g/mol. The third-order valence-electron chi connectivity index (χ3n) is 7.13. The van der Waals surface area contributed by atoms with E-state index < -0.39 is 16.7 Å². The van der Waals surface area contributed by atoms with E-state index in [0.717, 1.165) is 25.7 Å². The number of nitrogens with zero attached hydrogens (tertiary/aromatic N) is 3. The van der Waals surface area contributed by atoms with Crippen molar-refractivity contribution in [2.24, 2.45) is 16.7 Å². The Balaban J connectivity index is 1.66. The fourth-order valence-corrected chi connectivity index (χ4v) is 5.65. The molecule has 2 bridgehead atoms. The van der Waals surface area contributed by atoms with Gasteiger partial charge in [0.05, 0.1) is 17.6 Å². The van der Waals surface area contributed by atoms with Gasteiger partial charge in [0, 0.05) is 25.7 Å². The highest BCUT2D eigenvalue weighted by atomic mass is 32.2. The van der Waals surface area contributed by atoms with E-state index in [4.69, 9.17) is 0 Å². The molecule has 4 rings (SSSR count). The first kappa shape index (κ1) is 18.6.